The highest BCUT2D eigenvalue weighted by atomic mass is 16.5. The quantitative estimate of drug-likeness (QED) is 0.441. The van der Waals surface area contributed by atoms with Gasteiger partial charge in [-0.15, -0.1) is 0 Å². The first-order chi connectivity index (χ1) is 6.74. The van der Waals surface area contributed by atoms with Gasteiger partial charge in [0.1, 0.15) is 5.75 Å². The summed E-state index contributed by atoms with van der Waals surface area (Å²) in [7, 11) is 0. The van der Waals surface area contributed by atoms with Crippen LogP contribution in [0.4, 0.5) is 0 Å². The third-order valence-corrected chi connectivity index (χ3v) is 2.03. The predicted octanol–water partition coefficient (Wildman–Crippen LogP) is -0.139. The van der Waals surface area contributed by atoms with Gasteiger partial charge >= 0.3 is 0 Å². The highest BCUT2D eigenvalue weighted by Crippen LogP contribution is 2.24. The number of carbonyl (C=O) groups excluding carboxylic acids is 1. The van der Waals surface area contributed by atoms with Crippen molar-refractivity contribution >= 4 is 11.5 Å². The first-order valence-corrected chi connectivity index (χ1v) is 4.08. The standard InChI is InChI=1S/C9H9N3O2/c10-9-7(12-11)8(13)5-3-1-2-4-6(5)14-9/h1-4,9H,10-11H2. The smallest absolute Gasteiger partial charge is 0.218 e. The fourth-order valence-electron chi connectivity index (χ4n) is 1.35. The number of carbonyl (C=O) groups is 1. The molecule has 0 amide bonds. The second-order valence-corrected chi connectivity index (χ2v) is 2.88. The zero-order valence-electron chi connectivity index (χ0n) is 7.31. The number of nitrogens with two attached hydrogens (primary N) is 2. The highest BCUT2D eigenvalue weighted by molar-refractivity contribution is 6.48. The van der Waals surface area contributed by atoms with Crippen molar-refractivity contribution in [2.75, 3.05) is 0 Å². The van der Waals surface area contributed by atoms with Crippen LogP contribution in [0.15, 0.2) is 29.4 Å². The number of benzene rings is 1. The predicted molar refractivity (Wildman–Crippen MR) is 51.0 cm³/mol. The minimum Gasteiger partial charge on any atom is -0.469 e. The molecule has 1 aliphatic heterocycles. The molecule has 0 bridgehead atoms. The summed E-state index contributed by atoms with van der Waals surface area (Å²) in [6, 6.07) is 6.84. The Morgan fingerprint density at radius 3 is 2.79 bits per heavy atom. The molecule has 1 aromatic rings. The molecule has 4 N–H and O–H groups in total. The van der Waals surface area contributed by atoms with Gasteiger partial charge in [-0.3, -0.25) is 10.5 Å². The van der Waals surface area contributed by atoms with E-state index in [9.17, 15) is 4.79 Å². The lowest BCUT2D eigenvalue weighted by Gasteiger charge is -2.22. The Kier molecular flexibility index (Phi) is 1.94. The van der Waals surface area contributed by atoms with Crippen LogP contribution < -0.4 is 16.3 Å². The van der Waals surface area contributed by atoms with Crippen LogP contribution in [0.25, 0.3) is 0 Å². The maximum atomic E-state index is 11.7. The summed E-state index contributed by atoms with van der Waals surface area (Å²) >= 11 is 0. The third-order valence-electron chi connectivity index (χ3n) is 2.03. The lowest BCUT2D eigenvalue weighted by atomic mass is 10.0. The molecule has 0 saturated heterocycles. The van der Waals surface area contributed by atoms with Crippen LogP contribution in [-0.4, -0.2) is 17.7 Å². The van der Waals surface area contributed by atoms with Gasteiger partial charge in [-0.2, -0.15) is 5.10 Å². The number of hydrazone groups is 1. The minimum atomic E-state index is -0.873. The molecule has 72 valence electrons. The van der Waals surface area contributed by atoms with Crippen molar-refractivity contribution in [3.05, 3.63) is 29.8 Å². The first kappa shape index (κ1) is 8.71. The van der Waals surface area contributed by atoms with Crippen molar-refractivity contribution < 1.29 is 9.53 Å². The molecule has 14 heavy (non-hydrogen) atoms. The summed E-state index contributed by atoms with van der Waals surface area (Å²) in [6.45, 7) is 0. The van der Waals surface area contributed by atoms with Crippen LogP contribution in [0.1, 0.15) is 10.4 Å². The minimum absolute atomic E-state index is 0.0451. The van der Waals surface area contributed by atoms with Gasteiger partial charge in [0.2, 0.25) is 5.78 Å². The summed E-state index contributed by atoms with van der Waals surface area (Å²) in [5.41, 5.74) is 6.03. The summed E-state index contributed by atoms with van der Waals surface area (Å²) in [5.74, 6) is 5.24. The van der Waals surface area contributed by atoms with Crippen LogP contribution in [0.2, 0.25) is 0 Å². The zero-order valence-corrected chi connectivity index (χ0v) is 7.31. The van der Waals surface area contributed by atoms with Gasteiger partial charge in [0.15, 0.2) is 11.9 Å². The molecule has 1 heterocycles. The van der Waals surface area contributed by atoms with Gasteiger partial charge in [-0.05, 0) is 12.1 Å². The van der Waals surface area contributed by atoms with Gasteiger partial charge < -0.3 is 10.6 Å². The number of rotatable bonds is 0. The van der Waals surface area contributed by atoms with Crippen LogP contribution >= 0.6 is 0 Å². The van der Waals surface area contributed by atoms with E-state index in [1.54, 1.807) is 24.3 Å². The Balaban J connectivity index is 2.54. The Morgan fingerprint density at radius 1 is 1.36 bits per heavy atom. The molecular formula is C9H9N3O2. The van der Waals surface area contributed by atoms with Crippen molar-refractivity contribution in [1.82, 2.24) is 0 Å². The summed E-state index contributed by atoms with van der Waals surface area (Å²) in [5, 5.41) is 3.33. The van der Waals surface area contributed by atoms with Crippen molar-refractivity contribution in [3.63, 3.8) is 0 Å². The number of hydrogen-bond acceptors (Lipinski definition) is 5. The molecule has 0 saturated carbocycles. The van der Waals surface area contributed by atoms with Crippen LogP contribution in [-0.2, 0) is 0 Å². The lowest BCUT2D eigenvalue weighted by Crippen LogP contribution is -2.45. The van der Waals surface area contributed by atoms with Crippen molar-refractivity contribution in [3.8, 4) is 5.75 Å². The second kappa shape index (κ2) is 3.12. The first-order valence-electron chi connectivity index (χ1n) is 4.08. The number of Topliss-reactive ketones (excluding diaryl/α,β-unsaturated/α-hetero) is 1. The van der Waals surface area contributed by atoms with Gasteiger partial charge in [-0.25, -0.2) is 0 Å². The molecule has 0 fully saturated rings. The van der Waals surface area contributed by atoms with Crippen molar-refractivity contribution in [2.45, 2.75) is 6.23 Å². The Hall–Kier alpha value is -1.88. The molecule has 1 aromatic carbocycles. The fourth-order valence-corrected chi connectivity index (χ4v) is 1.35. The number of para-hydroxylation sites is 1. The largest absolute Gasteiger partial charge is 0.469 e. The lowest BCUT2D eigenvalue weighted by molar-refractivity contribution is 0.103. The van der Waals surface area contributed by atoms with Gasteiger partial charge in [-0.1, -0.05) is 12.1 Å². The Morgan fingerprint density at radius 2 is 2.07 bits per heavy atom. The average molecular weight is 191 g/mol. The van der Waals surface area contributed by atoms with Crippen LogP contribution in [0.5, 0.6) is 5.75 Å². The SMILES string of the molecule is NN=C1C(=O)c2ccccc2OC1N. The Labute approximate surface area is 80.3 Å². The third kappa shape index (κ3) is 1.14. The van der Waals surface area contributed by atoms with Crippen molar-refractivity contribution in [2.24, 2.45) is 16.7 Å². The van der Waals surface area contributed by atoms with Gasteiger partial charge in [0.25, 0.3) is 0 Å². The van der Waals surface area contributed by atoms with E-state index in [0.29, 0.717) is 11.3 Å². The number of hydrogen-bond donors (Lipinski definition) is 2. The average Bonchev–Trinajstić information content (AvgIpc) is 2.18. The molecule has 2 rings (SSSR count). The van der Waals surface area contributed by atoms with E-state index in [0.717, 1.165) is 0 Å². The molecule has 1 atom stereocenters. The number of fused-ring (bicyclic) bond motifs is 1. The van der Waals surface area contributed by atoms with E-state index in [1.807, 2.05) is 0 Å². The van der Waals surface area contributed by atoms with E-state index < -0.39 is 6.23 Å². The van der Waals surface area contributed by atoms with E-state index in [2.05, 4.69) is 5.10 Å². The van der Waals surface area contributed by atoms with E-state index in [1.165, 1.54) is 0 Å². The molecule has 0 spiro atoms. The molecule has 1 aliphatic rings. The maximum Gasteiger partial charge on any atom is 0.218 e. The normalized spacial score (nSPS) is 23.1. The maximum absolute atomic E-state index is 11.7. The van der Waals surface area contributed by atoms with E-state index in [4.69, 9.17) is 16.3 Å². The summed E-state index contributed by atoms with van der Waals surface area (Å²) < 4.78 is 5.25. The van der Waals surface area contributed by atoms with E-state index >= 15 is 0 Å². The van der Waals surface area contributed by atoms with Gasteiger partial charge in [0.05, 0.1) is 5.56 Å². The molecule has 5 nitrogen and oxygen atoms in total. The molecule has 0 aliphatic carbocycles. The zero-order chi connectivity index (χ0) is 10.1. The molecule has 0 aromatic heterocycles. The van der Waals surface area contributed by atoms with Crippen LogP contribution in [0, 0.1) is 0 Å². The molecule has 1 unspecified atom stereocenters. The molecule has 0 radical (unpaired) electrons. The number of ether oxygens (including phenoxy) is 1. The van der Waals surface area contributed by atoms with E-state index in [-0.39, 0.29) is 11.5 Å². The Bertz CT molecular complexity index is 414. The van der Waals surface area contributed by atoms with Gasteiger partial charge in [0, 0.05) is 0 Å². The second-order valence-electron chi connectivity index (χ2n) is 2.88. The van der Waals surface area contributed by atoms with Crippen molar-refractivity contribution in [1.29, 1.82) is 0 Å². The number of ketones is 1. The molecule has 5 heteroatoms. The monoisotopic (exact) mass is 191 g/mol. The van der Waals surface area contributed by atoms with Crippen LogP contribution in [0.3, 0.4) is 0 Å². The molecular weight excluding hydrogens is 182 g/mol. The highest BCUT2D eigenvalue weighted by Gasteiger charge is 2.30. The summed E-state index contributed by atoms with van der Waals surface area (Å²) in [4.78, 5) is 11.7. The fraction of sp³-hybridized carbons (Fsp3) is 0.111. The number of nitrogens with zero attached hydrogens (tertiary/aromatic N) is 1. The topological polar surface area (TPSA) is 90.7 Å². The summed E-state index contributed by atoms with van der Waals surface area (Å²) in [6.07, 6.45) is -0.873.